The van der Waals surface area contributed by atoms with Crippen LogP contribution >= 0.6 is 0 Å². The Balaban J connectivity index is 1.80. The van der Waals surface area contributed by atoms with Crippen molar-refractivity contribution in [2.45, 2.75) is 52.0 Å². The van der Waals surface area contributed by atoms with Crippen molar-refractivity contribution in [2.24, 2.45) is 0 Å². The average Bonchev–Trinajstić information content (AvgIpc) is 2.79. The summed E-state index contributed by atoms with van der Waals surface area (Å²) in [5.41, 5.74) is 6.50. The number of hydrogen-bond donors (Lipinski definition) is 1. The molecule has 0 aliphatic heterocycles. The normalized spacial score (nSPS) is 12.5. The van der Waals surface area contributed by atoms with Crippen molar-refractivity contribution >= 4 is 15.9 Å². The summed E-state index contributed by atoms with van der Waals surface area (Å²) < 4.78 is 28.2. The molecule has 1 atom stereocenters. The van der Waals surface area contributed by atoms with Crippen LogP contribution in [0.1, 0.15) is 46.3 Å². The summed E-state index contributed by atoms with van der Waals surface area (Å²) in [6, 6.07) is 20.4. The summed E-state index contributed by atoms with van der Waals surface area (Å²) in [5.74, 6) is -0.325. The molecule has 0 bridgehead atoms. The summed E-state index contributed by atoms with van der Waals surface area (Å²) >= 11 is 0. The molecule has 1 amide bonds. The van der Waals surface area contributed by atoms with Crippen molar-refractivity contribution in [1.29, 1.82) is 0 Å². The van der Waals surface area contributed by atoms with E-state index in [0.29, 0.717) is 6.42 Å². The van der Waals surface area contributed by atoms with E-state index in [2.05, 4.69) is 24.4 Å². The first-order chi connectivity index (χ1) is 16.1. The van der Waals surface area contributed by atoms with Gasteiger partial charge < -0.3 is 5.32 Å². The zero-order valence-electron chi connectivity index (χ0n) is 20.6. The first-order valence-electron chi connectivity index (χ1n) is 11.6. The molecule has 3 rings (SSSR count). The van der Waals surface area contributed by atoms with E-state index < -0.39 is 10.0 Å². The molecule has 1 N–H and O–H groups in total. The van der Waals surface area contributed by atoms with Crippen LogP contribution in [-0.4, -0.2) is 31.7 Å². The standard InChI is InChI=1S/C28H34N2O3S/c1-20-11-13-26(14-12-20)34(32,33)30(16-15-25-9-7-6-8-10-25)19-28(31)29-24(5)27-18-22(3)21(2)17-23(27)4/h6-14,17-18,24H,15-16,19H2,1-5H3,(H,29,31)/t24-/m0/s1. The van der Waals surface area contributed by atoms with Gasteiger partial charge >= 0.3 is 0 Å². The van der Waals surface area contributed by atoms with E-state index in [1.807, 2.05) is 58.0 Å². The Morgan fingerprint density at radius 2 is 1.50 bits per heavy atom. The van der Waals surface area contributed by atoms with Crippen molar-refractivity contribution < 1.29 is 13.2 Å². The maximum absolute atomic E-state index is 13.4. The van der Waals surface area contributed by atoms with Gasteiger partial charge in [0.2, 0.25) is 15.9 Å². The van der Waals surface area contributed by atoms with Gasteiger partial charge in [0, 0.05) is 6.54 Å². The SMILES string of the molecule is Cc1ccc(S(=O)(=O)N(CCc2ccccc2)CC(=O)N[C@@H](C)c2cc(C)c(C)cc2C)cc1. The zero-order valence-corrected chi connectivity index (χ0v) is 21.4. The predicted molar refractivity (Wildman–Crippen MR) is 137 cm³/mol. The van der Waals surface area contributed by atoms with Crippen molar-refractivity contribution in [3.8, 4) is 0 Å². The van der Waals surface area contributed by atoms with Crippen LogP contribution in [0.3, 0.4) is 0 Å². The molecule has 0 unspecified atom stereocenters. The summed E-state index contributed by atoms with van der Waals surface area (Å²) in [5, 5.41) is 3.00. The Labute approximate surface area is 203 Å². The highest BCUT2D eigenvalue weighted by Crippen LogP contribution is 2.22. The third kappa shape index (κ3) is 6.33. The molecule has 0 aliphatic carbocycles. The number of hydrogen-bond acceptors (Lipinski definition) is 3. The molecular weight excluding hydrogens is 444 g/mol. The third-order valence-corrected chi connectivity index (χ3v) is 8.06. The van der Waals surface area contributed by atoms with Crippen LogP contribution in [0.15, 0.2) is 71.6 Å². The lowest BCUT2D eigenvalue weighted by atomic mass is 9.96. The number of amides is 1. The molecule has 3 aromatic rings. The van der Waals surface area contributed by atoms with Gasteiger partial charge in [0.05, 0.1) is 17.5 Å². The monoisotopic (exact) mass is 478 g/mol. The second-order valence-corrected chi connectivity index (χ2v) is 10.9. The first kappa shape index (κ1) is 25.7. The van der Waals surface area contributed by atoms with Gasteiger partial charge in [0.25, 0.3) is 0 Å². The second-order valence-electron chi connectivity index (χ2n) is 8.97. The van der Waals surface area contributed by atoms with Crippen molar-refractivity contribution in [2.75, 3.05) is 13.1 Å². The van der Waals surface area contributed by atoms with E-state index >= 15 is 0 Å². The van der Waals surface area contributed by atoms with Crippen LogP contribution in [0.5, 0.6) is 0 Å². The number of carbonyl (C=O) groups excluding carboxylic acids is 1. The fourth-order valence-corrected chi connectivity index (χ4v) is 5.41. The molecule has 3 aromatic carbocycles. The van der Waals surface area contributed by atoms with Crippen LogP contribution in [0, 0.1) is 27.7 Å². The Morgan fingerprint density at radius 3 is 2.15 bits per heavy atom. The van der Waals surface area contributed by atoms with E-state index in [1.54, 1.807) is 24.3 Å². The molecule has 6 heteroatoms. The topological polar surface area (TPSA) is 66.5 Å². The van der Waals surface area contributed by atoms with Gasteiger partial charge in [0.1, 0.15) is 0 Å². The molecule has 34 heavy (non-hydrogen) atoms. The van der Waals surface area contributed by atoms with Crippen LogP contribution in [0.2, 0.25) is 0 Å². The Hall–Kier alpha value is -2.96. The summed E-state index contributed by atoms with van der Waals surface area (Å²) in [7, 11) is -3.83. The van der Waals surface area contributed by atoms with E-state index in [9.17, 15) is 13.2 Å². The van der Waals surface area contributed by atoms with Gasteiger partial charge in [-0.1, -0.05) is 60.2 Å². The fourth-order valence-electron chi connectivity index (χ4n) is 4.02. The molecule has 0 saturated carbocycles. The molecule has 5 nitrogen and oxygen atoms in total. The van der Waals surface area contributed by atoms with Gasteiger partial charge in [-0.05, 0) is 81.0 Å². The lowest BCUT2D eigenvalue weighted by molar-refractivity contribution is -0.121. The fraction of sp³-hybridized carbons (Fsp3) is 0.321. The Kier molecular flexibility index (Phi) is 8.28. The maximum atomic E-state index is 13.4. The lowest BCUT2D eigenvalue weighted by Crippen LogP contribution is -2.42. The molecule has 180 valence electrons. The number of carbonyl (C=O) groups is 1. The highest BCUT2D eigenvalue weighted by Gasteiger charge is 2.27. The molecular formula is C28H34N2O3S. The molecule has 0 aliphatic rings. The van der Waals surface area contributed by atoms with E-state index in [4.69, 9.17) is 0 Å². The minimum absolute atomic E-state index is 0.192. The number of benzene rings is 3. The largest absolute Gasteiger partial charge is 0.348 e. The number of nitrogens with one attached hydrogen (secondary N) is 1. The number of aryl methyl sites for hydroxylation is 4. The van der Waals surface area contributed by atoms with E-state index in [-0.39, 0.29) is 29.9 Å². The van der Waals surface area contributed by atoms with Crippen molar-refractivity contribution in [3.05, 3.63) is 100 Å². The van der Waals surface area contributed by atoms with Gasteiger partial charge in [-0.3, -0.25) is 4.79 Å². The van der Waals surface area contributed by atoms with Crippen LogP contribution in [-0.2, 0) is 21.2 Å². The van der Waals surface area contributed by atoms with Crippen LogP contribution in [0.25, 0.3) is 0 Å². The van der Waals surface area contributed by atoms with Gasteiger partial charge in [-0.25, -0.2) is 8.42 Å². The smallest absolute Gasteiger partial charge is 0.243 e. The zero-order chi connectivity index (χ0) is 24.9. The maximum Gasteiger partial charge on any atom is 0.243 e. The summed E-state index contributed by atoms with van der Waals surface area (Å²) in [6.45, 7) is 9.95. The van der Waals surface area contributed by atoms with Crippen molar-refractivity contribution in [3.63, 3.8) is 0 Å². The molecule has 0 radical (unpaired) electrons. The third-order valence-electron chi connectivity index (χ3n) is 6.20. The minimum atomic E-state index is -3.83. The molecule has 0 aromatic heterocycles. The van der Waals surface area contributed by atoms with Gasteiger partial charge in [-0.2, -0.15) is 4.31 Å². The average molecular weight is 479 g/mol. The Morgan fingerprint density at radius 1 is 0.882 bits per heavy atom. The molecule has 0 spiro atoms. The molecule has 0 heterocycles. The van der Waals surface area contributed by atoms with Crippen LogP contribution < -0.4 is 5.32 Å². The number of nitrogens with zero attached hydrogens (tertiary/aromatic N) is 1. The quantitative estimate of drug-likeness (QED) is 0.469. The van der Waals surface area contributed by atoms with E-state index in [1.165, 1.54) is 9.87 Å². The van der Waals surface area contributed by atoms with Crippen molar-refractivity contribution in [1.82, 2.24) is 9.62 Å². The minimum Gasteiger partial charge on any atom is -0.348 e. The van der Waals surface area contributed by atoms with Crippen LogP contribution in [0.4, 0.5) is 0 Å². The number of rotatable bonds is 9. The number of sulfonamides is 1. The highest BCUT2D eigenvalue weighted by atomic mass is 32.2. The van der Waals surface area contributed by atoms with Gasteiger partial charge in [-0.15, -0.1) is 0 Å². The highest BCUT2D eigenvalue weighted by molar-refractivity contribution is 7.89. The molecule has 0 saturated heterocycles. The second kappa shape index (κ2) is 11.0. The van der Waals surface area contributed by atoms with Gasteiger partial charge in [0.15, 0.2) is 0 Å². The molecule has 0 fully saturated rings. The lowest BCUT2D eigenvalue weighted by Gasteiger charge is -2.24. The first-order valence-corrected chi connectivity index (χ1v) is 13.0. The predicted octanol–water partition coefficient (Wildman–Crippen LogP) is 5.03. The summed E-state index contributed by atoms with van der Waals surface area (Å²) in [6.07, 6.45) is 0.519. The summed E-state index contributed by atoms with van der Waals surface area (Å²) in [4.78, 5) is 13.2. The Bertz CT molecular complexity index is 1240. The van der Waals surface area contributed by atoms with E-state index in [0.717, 1.165) is 27.8 Å².